The average Bonchev–Trinajstić information content (AvgIpc) is 2.65. The zero-order chi connectivity index (χ0) is 12.0. The maximum Gasteiger partial charge on any atom is 0.0667 e. The molecule has 1 aliphatic carbocycles. The zero-order valence-corrected chi connectivity index (χ0v) is 11.5. The Morgan fingerprint density at radius 1 is 1.19 bits per heavy atom. The van der Waals surface area contributed by atoms with E-state index in [1.807, 2.05) is 0 Å². The lowest BCUT2D eigenvalue weighted by Crippen LogP contribution is -2.37. The van der Waals surface area contributed by atoms with Crippen molar-refractivity contribution in [1.82, 2.24) is 5.32 Å². The van der Waals surface area contributed by atoms with Gasteiger partial charge in [0.25, 0.3) is 0 Å². The second-order valence-electron chi connectivity index (χ2n) is 5.98. The molecule has 0 saturated heterocycles. The molecule has 1 aliphatic rings. The van der Waals surface area contributed by atoms with Gasteiger partial charge in [-0.1, -0.05) is 26.7 Å². The molecular weight excluding hydrogens is 198 g/mol. The first kappa shape index (κ1) is 14.0. The molecule has 2 heteroatoms. The molecule has 0 aromatic rings. The molecule has 0 radical (unpaired) electrons. The third kappa shape index (κ3) is 4.42. The molecule has 1 rings (SSSR count). The van der Waals surface area contributed by atoms with E-state index in [0.717, 1.165) is 12.5 Å². The van der Waals surface area contributed by atoms with E-state index in [1.165, 1.54) is 38.6 Å². The predicted molar refractivity (Wildman–Crippen MR) is 69.7 cm³/mol. The van der Waals surface area contributed by atoms with Crippen molar-refractivity contribution in [2.24, 2.45) is 11.3 Å². The molecule has 2 nitrogen and oxygen atoms in total. The fourth-order valence-electron chi connectivity index (χ4n) is 3.07. The normalized spacial score (nSPS) is 21.6. The molecular formula is C14H29NO. The molecule has 0 amide bonds. The van der Waals surface area contributed by atoms with E-state index in [-0.39, 0.29) is 0 Å². The minimum Gasteiger partial charge on any atom is -0.380 e. The predicted octanol–water partition coefficient (Wildman–Crippen LogP) is 3.22. The van der Waals surface area contributed by atoms with Gasteiger partial charge in [0.15, 0.2) is 0 Å². The Morgan fingerprint density at radius 3 is 2.31 bits per heavy atom. The molecule has 1 saturated carbocycles. The minimum absolute atomic E-state index is 0.331. The van der Waals surface area contributed by atoms with E-state index < -0.39 is 0 Å². The molecule has 96 valence electrons. The Balaban J connectivity index is 2.33. The van der Waals surface area contributed by atoms with E-state index in [2.05, 4.69) is 26.1 Å². The number of methoxy groups -OCH3 is 1. The first-order valence-electron chi connectivity index (χ1n) is 6.81. The summed E-state index contributed by atoms with van der Waals surface area (Å²) >= 11 is 0. The molecule has 0 aliphatic heterocycles. The second-order valence-corrected chi connectivity index (χ2v) is 5.98. The molecule has 0 spiro atoms. The quantitative estimate of drug-likeness (QED) is 0.721. The van der Waals surface area contributed by atoms with Crippen molar-refractivity contribution in [2.75, 3.05) is 20.2 Å². The molecule has 0 aromatic heterocycles. The Morgan fingerprint density at radius 2 is 1.81 bits per heavy atom. The van der Waals surface area contributed by atoms with Gasteiger partial charge < -0.3 is 10.1 Å². The van der Waals surface area contributed by atoms with Crippen molar-refractivity contribution >= 4 is 0 Å². The van der Waals surface area contributed by atoms with Crippen LogP contribution < -0.4 is 5.32 Å². The van der Waals surface area contributed by atoms with E-state index in [0.29, 0.717) is 11.5 Å². The monoisotopic (exact) mass is 227 g/mol. The van der Waals surface area contributed by atoms with Crippen LogP contribution in [0.25, 0.3) is 0 Å². The number of nitrogens with one attached hydrogen (secondary N) is 1. The molecule has 1 atom stereocenters. The van der Waals surface area contributed by atoms with Gasteiger partial charge in [0.2, 0.25) is 0 Å². The van der Waals surface area contributed by atoms with Gasteiger partial charge in [-0.05, 0) is 37.5 Å². The summed E-state index contributed by atoms with van der Waals surface area (Å²) in [6, 6.07) is 0. The van der Waals surface area contributed by atoms with E-state index in [4.69, 9.17) is 4.74 Å². The fourth-order valence-corrected chi connectivity index (χ4v) is 3.07. The Kier molecular flexibility index (Phi) is 5.77. The highest BCUT2D eigenvalue weighted by Crippen LogP contribution is 2.42. The topological polar surface area (TPSA) is 21.3 Å². The first-order valence-corrected chi connectivity index (χ1v) is 6.81. The van der Waals surface area contributed by atoms with Crippen LogP contribution in [0.2, 0.25) is 0 Å². The van der Waals surface area contributed by atoms with Crippen LogP contribution in [0.4, 0.5) is 0 Å². The summed E-state index contributed by atoms with van der Waals surface area (Å²) in [5.74, 6) is 0.819. The third-order valence-corrected chi connectivity index (χ3v) is 3.84. The van der Waals surface area contributed by atoms with Crippen molar-refractivity contribution in [1.29, 1.82) is 0 Å². The summed E-state index contributed by atoms with van der Waals surface area (Å²) in [5, 5.41) is 3.60. The van der Waals surface area contributed by atoms with Crippen LogP contribution in [0.5, 0.6) is 0 Å². The van der Waals surface area contributed by atoms with Crippen LogP contribution in [0.1, 0.15) is 52.9 Å². The molecule has 1 unspecified atom stereocenters. The summed E-state index contributed by atoms with van der Waals surface area (Å²) in [5.41, 5.74) is 0.585. The standard InChI is InChI=1S/C14H29NO/c1-12(2)9-14(7-5-6-8-14)11-15-10-13(3)16-4/h12-13,15H,5-11H2,1-4H3. The van der Waals surface area contributed by atoms with Crippen molar-refractivity contribution in [2.45, 2.75) is 59.0 Å². The van der Waals surface area contributed by atoms with Gasteiger partial charge in [-0.2, -0.15) is 0 Å². The molecule has 0 heterocycles. The maximum atomic E-state index is 5.27. The van der Waals surface area contributed by atoms with Gasteiger partial charge in [0.1, 0.15) is 0 Å². The Bertz CT molecular complexity index is 185. The summed E-state index contributed by atoms with van der Waals surface area (Å²) in [6.45, 7) is 8.97. The number of hydrogen-bond acceptors (Lipinski definition) is 2. The highest BCUT2D eigenvalue weighted by Gasteiger charge is 2.33. The van der Waals surface area contributed by atoms with E-state index in [9.17, 15) is 0 Å². The summed E-state index contributed by atoms with van der Waals surface area (Å²) in [4.78, 5) is 0. The summed E-state index contributed by atoms with van der Waals surface area (Å²) < 4.78 is 5.27. The van der Waals surface area contributed by atoms with Gasteiger partial charge >= 0.3 is 0 Å². The summed E-state index contributed by atoms with van der Waals surface area (Å²) in [7, 11) is 1.78. The van der Waals surface area contributed by atoms with Crippen molar-refractivity contribution in [3.63, 3.8) is 0 Å². The van der Waals surface area contributed by atoms with Crippen molar-refractivity contribution in [3.05, 3.63) is 0 Å². The van der Waals surface area contributed by atoms with Gasteiger partial charge in [-0.25, -0.2) is 0 Å². The maximum absolute atomic E-state index is 5.27. The molecule has 1 fully saturated rings. The van der Waals surface area contributed by atoms with Gasteiger partial charge in [-0.3, -0.25) is 0 Å². The van der Waals surface area contributed by atoms with Crippen molar-refractivity contribution < 1.29 is 4.74 Å². The highest BCUT2D eigenvalue weighted by atomic mass is 16.5. The van der Waals surface area contributed by atoms with Gasteiger partial charge in [0, 0.05) is 20.2 Å². The molecule has 0 aromatic carbocycles. The number of rotatable bonds is 7. The van der Waals surface area contributed by atoms with Crippen LogP contribution in [-0.2, 0) is 4.74 Å². The molecule has 16 heavy (non-hydrogen) atoms. The minimum atomic E-state index is 0.331. The summed E-state index contributed by atoms with van der Waals surface area (Å²) in [6.07, 6.45) is 7.39. The Hall–Kier alpha value is -0.0800. The Labute approximate surface area is 101 Å². The lowest BCUT2D eigenvalue weighted by atomic mass is 9.78. The van der Waals surface area contributed by atoms with Gasteiger partial charge in [-0.15, -0.1) is 0 Å². The number of ether oxygens (including phenoxy) is 1. The zero-order valence-electron chi connectivity index (χ0n) is 11.5. The number of hydrogen-bond donors (Lipinski definition) is 1. The fraction of sp³-hybridized carbons (Fsp3) is 1.00. The van der Waals surface area contributed by atoms with E-state index >= 15 is 0 Å². The first-order chi connectivity index (χ1) is 7.58. The smallest absolute Gasteiger partial charge is 0.0667 e. The lowest BCUT2D eigenvalue weighted by Gasteiger charge is -2.31. The lowest BCUT2D eigenvalue weighted by molar-refractivity contribution is 0.111. The second kappa shape index (κ2) is 6.61. The highest BCUT2D eigenvalue weighted by molar-refractivity contribution is 4.87. The largest absolute Gasteiger partial charge is 0.380 e. The van der Waals surface area contributed by atoms with Crippen LogP contribution >= 0.6 is 0 Å². The molecule has 0 bridgehead atoms. The van der Waals surface area contributed by atoms with Crippen LogP contribution in [0.3, 0.4) is 0 Å². The van der Waals surface area contributed by atoms with Crippen LogP contribution in [0.15, 0.2) is 0 Å². The van der Waals surface area contributed by atoms with E-state index in [1.54, 1.807) is 7.11 Å². The van der Waals surface area contributed by atoms with Gasteiger partial charge in [0.05, 0.1) is 6.10 Å². The third-order valence-electron chi connectivity index (χ3n) is 3.84. The SMILES string of the molecule is COC(C)CNCC1(CC(C)C)CCCC1. The van der Waals surface area contributed by atoms with Crippen molar-refractivity contribution in [3.8, 4) is 0 Å². The van der Waals surface area contributed by atoms with Crippen LogP contribution in [-0.4, -0.2) is 26.3 Å². The molecule has 1 N–H and O–H groups in total. The van der Waals surface area contributed by atoms with Crippen LogP contribution in [0, 0.1) is 11.3 Å². The average molecular weight is 227 g/mol.